The minimum Gasteiger partial charge on any atom is -0.493 e. The fourth-order valence-corrected chi connectivity index (χ4v) is 4.36. The summed E-state index contributed by atoms with van der Waals surface area (Å²) >= 11 is 12.1. The summed E-state index contributed by atoms with van der Waals surface area (Å²) < 4.78 is 45.5. The molecular formula is C28H28Cl2F3N3O4. The van der Waals surface area contributed by atoms with Gasteiger partial charge in [-0.2, -0.15) is 13.2 Å². The number of hydrogen-bond acceptors (Lipinski definition) is 5. The first-order valence-corrected chi connectivity index (χ1v) is 13.0. The number of nitrogens with two attached hydrogens (primary N) is 1. The molecule has 2 unspecified atom stereocenters. The number of amidine groups is 1. The van der Waals surface area contributed by atoms with Gasteiger partial charge in [-0.1, -0.05) is 47.5 Å². The molecule has 0 aliphatic carbocycles. The molecule has 3 aromatic carbocycles. The van der Waals surface area contributed by atoms with E-state index in [9.17, 15) is 23.1 Å². The van der Waals surface area contributed by atoms with Crippen LogP contribution in [0.4, 0.5) is 18.0 Å². The predicted molar refractivity (Wildman–Crippen MR) is 148 cm³/mol. The molecule has 1 amide bonds. The fourth-order valence-electron chi connectivity index (χ4n) is 4.10. The van der Waals surface area contributed by atoms with Crippen molar-refractivity contribution in [1.82, 2.24) is 4.90 Å². The first-order valence-electron chi connectivity index (χ1n) is 12.3. The molecule has 1 aliphatic rings. The van der Waals surface area contributed by atoms with Crippen molar-refractivity contribution in [3.05, 3.63) is 99.0 Å². The number of benzene rings is 3. The molecule has 0 spiro atoms. The van der Waals surface area contributed by atoms with Crippen LogP contribution in [0.5, 0.6) is 5.75 Å². The third-order valence-electron chi connectivity index (χ3n) is 5.91. The molecule has 0 aromatic heterocycles. The normalized spacial score (nSPS) is 16.7. The maximum Gasteiger partial charge on any atom is 0.416 e. The second kappa shape index (κ2) is 13.8. The van der Waals surface area contributed by atoms with Crippen LogP contribution in [-0.4, -0.2) is 46.8 Å². The Labute approximate surface area is 239 Å². The quantitative estimate of drug-likeness (QED) is 0.273. The van der Waals surface area contributed by atoms with E-state index in [1.165, 1.54) is 6.07 Å². The average molecular weight is 598 g/mol. The van der Waals surface area contributed by atoms with Crippen LogP contribution in [0.15, 0.2) is 71.7 Å². The molecule has 0 bridgehead atoms. The minimum absolute atomic E-state index is 0.0189. The van der Waals surface area contributed by atoms with E-state index in [0.717, 1.165) is 23.5 Å². The molecule has 7 nitrogen and oxygen atoms in total. The minimum atomic E-state index is -4.59. The van der Waals surface area contributed by atoms with Gasteiger partial charge in [0.25, 0.3) is 0 Å². The summed E-state index contributed by atoms with van der Waals surface area (Å²) in [6.45, 7) is 2.52. The number of carbonyl (C=O) groups is 1. The third kappa shape index (κ3) is 7.45. The lowest BCUT2D eigenvalue weighted by Gasteiger charge is -2.27. The maximum atomic E-state index is 13.3. The number of hydrogen-bond donors (Lipinski definition) is 3. The number of ether oxygens (including phenoxy) is 1. The van der Waals surface area contributed by atoms with Crippen molar-refractivity contribution >= 4 is 35.1 Å². The van der Waals surface area contributed by atoms with Crippen molar-refractivity contribution in [3.63, 3.8) is 0 Å². The van der Waals surface area contributed by atoms with Crippen molar-refractivity contribution in [2.45, 2.75) is 31.6 Å². The van der Waals surface area contributed by atoms with E-state index in [0.29, 0.717) is 27.7 Å². The van der Waals surface area contributed by atoms with Gasteiger partial charge in [0.1, 0.15) is 17.6 Å². The molecule has 0 radical (unpaired) electrons. The largest absolute Gasteiger partial charge is 0.493 e. The first-order chi connectivity index (χ1) is 19.0. The average Bonchev–Trinajstić information content (AvgIpc) is 3.31. The van der Waals surface area contributed by atoms with Crippen LogP contribution < -0.4 is 10.5 Å². The maximum absolute atomic E-state index is 13.3. The van der Waals surface area contributed by atoms with E-state index in [4.69, 9.17) is 43.8 Å². The first kappa shape index (κ1) is 31.2. The number of aliphatic hydroxyl groups is 1. The van der Waals surface area contributed by atoms with Crippen LogP contribution >= 0.6 is 23.2 Å². The van der Waals surface area contributed by atoms with Crippen molar-refractivity contribution in [1.29, 1.82) is 0 Å². The number of aliphatic hydroxyl groups excluding tert-OH is 1. The lowest BCUT2D eigenvalue weighted by molar-refractivity contribution is -0.137. The van der Waals surface area contributed by atoms with Gasteiger partial charge in [0.2, 0.25) is 0 Å². The Morgan fingerprint density at radius 3 is 2.05 bits per heavy atom. The number of carboxylic acid groups (broad SMARTS) is 1. The summed E-state index contributed by atoms with van der Waals surface area (Å²) in [4.78, 5) is 18.3. The van der Waals surface area contributed by atoms with E-state index in [2.05, 4.69) is 0 Å². The highest BCUT2D eigenvalue weighted by atomic mass is 35.5. The van der Waals surface area contributed by atoms with Crippen LogP contribution in [0, 0.1) is 0 Å². The van der Waals surface area contributed by atoms with E-state index in [1.807, 2.05) is 0 Å². The molecule has 214 valence electrons. The summed E-state index contributed by atoms with van der Waals surface area (Å²) in [5.74, 6) is -0.131. The van der Waals surface area contributed by atoms with Crippen LogP contribution in [0.25, 0.3) is 0 Å². The summed E-state index contributed by atoms with van der Waals surface area (Å²) in [6.07, 6.45) is -5.19. The molecule has 1 heterocycles. The Hall–Kier alpha value is -3.31. The molecule has 4 N–H and O–H groups in total. The van der Waals surface area contributed by atoms with Gasteiger partial charge in [-0.3, -0.25) is 9.89 Å². The number of amides is 1. The van der Waals surface area contributed by atoms with Crippen LogP contribution in [0.2, 0.25) is 10.0 Å². The van der Waals surface area contributed by atoms with Gasteiger partial charge in [-0.15, -0.1) is 0 Å². The molecule has 4 rings (SSSR count). The van der Waals surface area contributed by atoms with Crippen LogP contribution in [0.1, 0.15) is 47.7 Å². The van der Waals surface area contributed by atoms with Gasteiger partial charge in [0, 0.05) is 16.7 Å². The molecule has 2 atom stereocenters. The Balaban J connectivity index is 0.000000810. The number of halogens is 5. The second-order valence-corrected chi connectivity index (χ2v) is 9.48. The van der Waals surface area contributed by atoms with Crippen molar-refractivity contribution in [2.24, 2.45) is 10.7 Å². The van der Waals surface area contributed by atoms with E-state index >= 15 is 0 Å². The van der Waals surface area contributed by atoms with Gasteiger partial charge in [-0.25, -0.2) is 4.79 Å². The highest BCUT2D eigenvalue weighted by Crippen LogP contribution is 2.45. The smallest absolute Gasteiger partial charge is 0.416 e. The lowest BCUT2D eigenvalue weighted by atomic mass is 9.94. The van der Waals surface area contributed by atoms with Crippen molar-refractivity contribution in [2.75, 3.05) is 19.8 Å². The monoisotopic (exact) mass is 597 g/mol. The summed E-state index contributed by atoms with van der Waals surface area (Å²) in [5, 5.41) is 19.2. The highest BCUT2D eigenvalue weighted by molar-refractivity contribution is 6.30. The standard InChI is InChI=1S/C25H19Cl2F3N2O3.C3H9NO/c1-2-35-20-13-16(25(28,29)30)7-12-19(20)23-31-21(14-3-8-17(26)9-4-14)22(32(23)24(33)34)15-5-10-18(27)11-6-15;4-2-1-3-5/h3-13,21-22H,2H2,1H3,(H,33,34);5H,1-4H2. The zero-order chi connectivity index (χ0) is 29.4. The molecule has 12 heteroatoms. The SMILES string of the molecule is CCOc1cc(C(F)(F)F)ccc1C1=NC(c2ccc(Cl)cc2)C(c2ccc(Cl)cc2)N1C(=O)O.NCCCO. The highest BCUT2D eigenvalue weighted by Gasteiger charge is 2.43. The van der Waals surface area contributed by atoms with Crippen molar-refractivity contribution < 1.29 is 32.9 Å². The zero-order valence-electron chi connectivity index (χ0n) is 21.4. The fraction of sp³-hybridized carbons (Fsp3) is 0.286. The van der Waals surface area contributed by atoms with Crippen LogP contribution in [0.3, 0.4) is 0 Å². The topological polar surface area (TPSA) is 108 Å². The molecule has 0 saturated heterocycles. The third-order valence-corrected chi connectivity index (χ3v) is 6.41. The summed E-state index contributed by atoms with van der Waals surface area (Å²) in [6, 6.07) is 14.9. The predicted octanol–water partition coefficient (Wildman–Crippen LogP) is 6.96. The van der Waals surface area contributed by atoms with Gasteiger partial charge < -0.3 is 20.7 Å². The van der Waals surface area contributed by atoms with Gasteiger partial charge in [0.15, 0.2) is 0 Å². The molecule has 40 heavy (non-hydrogen) atoms. The van der Waals surface area contributed by atoms with Gasteiger partial charge in [0.05, 0.1) is 23.8 Å². The number of rotatable bonds is 7. The number of aliphatic imine (C=N–C) groups is 1. The lowest BCUT2D eigenvalue weighted by Crippen LogP contribution is -2.37. The van der Waals surface area contributed by atoms with E-state index in [-0.39, 0.29) is 30.4 Å². The molecule has 0 saturated carbocycles. The van der Waals surface area contributed by atoms with Crippen molar-refractivity contribution in [3.8, 4) is 5.75 Å². The Kier molecular flexibility index (Phi) is 10.8. The molecular weight excluding hydrogens is 570 g/mol. The van der Waals surface area contributed by atoms with Gasteiger partial charge >= 0.3 is 12.3 Å². The molecule has 3 aromatic rings. The summed E-state index contributed by atoms with van der Waals surface area (Å²) in [7, 11) is 0. The van der Waals surface area contributed by atoms with Crippen LogP contribution in [-0.2, 0) is 6.18 Å². The Morgan fingerprint density at radius 1 is 1.02 bits per heavy atom. The zero-order valence-corrected chi connectivity index (χ0v) is 22.9. The molecule has 1 aliphatic heterocycles. The van der Waals surface area contributed by atoms with E-state index in [1.54, 1.807) is 55.5 Å². The number of nitrogens with zero attached hydrogens (tertiary/aromatic N) is 2. The van der Waals surface area contributed by atoms with Gasteiger partial charge in [-0.05, 0) is 73.5 Å². The Morgan fingerprint density at radius 2 is 1.60 bits per heavy atom. The van der Waals surface area contributed by atoms with E-state index < -0.39 is 29.9 Å². The number of alkyl halides is 3. The second-order valence-electron chi connectivity index (χ2n) is 8.61. The summed E-state index contributed by atoms with van der Waals surface area (Å²) in [5.41, 5.74) is 5.50. The Bertz CT molecular complexity index is 1320. The molecule has 0 fully saturated rings.